The third-order valence-corrected chi connectivity index (χ3v) is 5.74. The van der Waals surface area contributed by atoms with E-state index in [0.717, 1.165) is 31.5 Å². The lowest BCUT2D eigenvalue weighted by molar-refractivity contribution is -0.122. The third-order valence-electron chi connectivity index (χ3n) is 5.74. The molecule has 0 spiro atoms. The maximum atomic E-state index is 13.9. The monoisotopic (exact) mass is 406 g/mol. The molecule has 0 aliphatic carbocycles. The Morgan fingerprint density at radius 1 is 1.13 bits per heavy atom. The molecular weight excluding hydrogens is 379 g/mol. The smallest absolute Gasteiger partial charge is 0.246 e. The summed E-state index contributed by atoms with van der Waals surface area (Å²) in [6, 6.07) is 16.2. The highest BCUT2D eigenvalue weighted by atomic mass is 19.1. The molecule has 6 heteroatoms. The highest BCUT2D eigenvalue weighted by Crippen LogP contribution is 2.28. The molecule has 1 N–H and O–H groups in total. The SMILES string of the molecule is CC1CCN([C@@H](C(=O)Nc2cnn(Cc3ccccc3F)c2)c2ccccc2)CC1. The van der Waals surface area contributed by atoms with E-state index < -0.39 is 0 Å². The van der Waals surface area contributed by atoms with Gasteiger partial charge in [-0.15, -0.1) is 0 Å². The molecule has 0 unspecified atom stereocenters. The van der Waals surface area contributed by atoms with Crippen LogP contribution >= 0.6 is 0 Å². The van der Waals surface area contributed by atoms with Gasteiger partial charge in [-0.3, -0.25) is 14.4 Å². The van der Waals surface area contributed by atoms with Gasteiger partial charge in [-0.05, 0) is 43.5 Å². The summed E-state index contributed by atoms with van der Waals surface area (Å²) < 4.78 is 15.5. The number of carbonyl (C=O) groups excluding carboxylic acids is 1. The van der Waals surface area contributed by atoms with Gasteiger partial charge in [0.05, 0.1) is 18.4 Å². The maximum Gasteiger partial charge on any atom is 0.246 e. The number of aromatic nitrogens is 2. The van der Waals surface area contributed by atoms with E-state index in [1.807, 2.05) is 30.3 Å². The van der Waals surface area contributed by atoms with Crippen LogP contribution in [-0.4, -0.2) is 33.7 Å². The van der Waals surface area contributed by atoms with E-state index >= 15 is 0 Å². The second kappa shape index (κ2) is 9.22. The predicted octanol–water partition coefficient (Wildman–Crippen LogP) is 4.48. The number of hydrogen-bond acceptors (Lipinski definition) is 3. The van der Waals surface area contributed by atoms with E-state index in [1.54, 1.807) is 35.3 Å². The van der Waals surface area contributed by atoms with Gasteiger partial charge in [0.25, 0.3) is 0 Å². The van der Waals surface area contributed by atoms with E-state index in [4.69, 9.17) is 0 Å². The minimum absolute atomic E-state index is 0.0683. The van der Waals surface area contributed by atoms with Crippen LogP contribution in [0.3, 0.4) is 0 Å². The molecule has 1 aromatic heterocycles. The summed E-state index contributed by atoms with van der Waals surface area (Å²) in [6.45, 7) is 4.38. The molecule has 156 valence electrons. The van der Waals surface area contributed by atoms with E-state index in [0.29, 0.717) is 23.7 Å². The zero-order valence-corrected chi connectivity index (χ0v) is 17.2. The number of piperidine rings is 1. The van der Waals surface area contributed by atoms with Gasteiger partial charge < -0.3 is 5.32 Å². The van der Waals surface area contributed by atoms with Crippen LogP contribution in [0.4, 0.5) is 10.1 Å². The zero-order valence-electron chi connectivity index (χ0n) is 17.2. The van der Waals surface area contributed by atoms with Crippen molar-refractivity contribution in [3.8, 4) is 0 Å². The molecule has 1 atom stereocenters. The summed E-state index contributed by atoms with van der Waals surface area (Å²) in [6.07, 6.45) is 5.54. The molecule has 1 aliphatic rings. The van der Waals surface area contributed by atoms with Crippen molar-refractivity contribution >= 4 is 11.6 Å². The minimum atomic E-state index is -0.339. The van der Waals surface area contributed by atoms with Gasteiger partial charge in [-0.1, -0.05) is 55.5 Å². The molecule has 1 aliphatic heterocycles. The normalized spacial score (nSPS) is 16.3. The van der Waals surface area contributed by atoms with E-state index in [9.17, 15) is 9.18 Å². The van der Waals surface area contributed by atoms with Crippen LogP contribution in [0.5, 0.6) is 0 Å². The van der Waals surface area contributed by atoms with E-state index in [1.165, 1.54) is 6.07 Å². The zero-order chi connectivity index (χ0) is 20.9. The highest BCUT2D eigenvalue weighted by Gasteiger charge is 2.30. The summed E-state index contributed by atoms with van der Waals surface area (Å²) in [4.78, 5) is 15.5. The lowest BCUT2D eigenvalue weighted by Crippen LogP contribution is -2.41. The molecule has 2 heterocycles. The first-order valence-electron chi connectivity index (χ1n) is 10.5. The quantitative estimate of drug-likeness (QED) is 0.657. The number of carbonyl (C=O) groups is 1. The predicted molar refractivity (Wildman–Crippen MR) is 116 cm³/mol. The standard InChI is InChI=1S/C24H27FN4O/c1-18-11-13-28(14-12-18)23(19-7-3-2-4-8-19)24(30)27-21-15-26-29(17-21)16-20-9-5-6-10-22(20)25/h2-10,15,17-18,23H,11-14,16H2,1H3,(H,27,30)/t23-/m1/s1. The second-order valence-electron chi connectivity index (χ2n) is 8.04. The van der Waals surface area contributed by atoms with Crippen molar-refractivity contribution in [3.63, 3.8) is 0 Å². The number of likely N-dealkylation sites (tertiary alicyclic amines) is 1. The van der Waals surface area contributed by atoms with Gasteiger partial charge in [-0.2, -0.15) is 5.10 Å². The number of amides is 1. The molecule has 30 heavy (non-hydrogen) atoms. The second-order valence-corrected chi connectivity index (χ2v) is 8.04. The van der Waals surface area contributed by atoms with Gasteiger partial charge in [0.15, 0.2) is 0 Å². The average Bonchev–Trinajstić information content (AvgIpc) is 3.19. The number of halogens is 1. The van der Waals surface area contributed by atoms with Crippen LogP contribution in [0, 0.1) is 11.7 Å². The lowest BCUT2D eigenvalue weighted by Gasteiger charge is -2.36. The van der Waals surface area contributed by atoms with Gasteiger partial charge in [0, 0.05) is 11.8 Å². The summed E-state index contributed by atoms with van der Waals surface area (Å²) >= 11 is 0. The van der Waals surface area contributed by atoms with Crippen LogP contribution in [0.15, 0.2) is 67.0 Å². The molecule has 0 saturated carbocycles. The maximum absolute atomic E-state index is 13.9. The van der Waals surface area contributed by atoms with Crippen molar-refractivity contribution in [1.82, 2.24) is 14.7 Å². The Balaban J connectivity index is 1.49. The summed E-state index contributed by atoms with van der Waals surface area (Å²) in [5, 5.41) is 7.29. The van der Waals surface area contributed by atoms with Crippen molar-refractivity contribution in [2.45, 2.75) is 32.4 Å². The van der Waals surface area contributed by atoms with Crippen LogP contribution in [0.2, 0.25) is 0 Å². The lowest BCUT2D eigenvalue weighted by atomic mass is 9.95. The summed E-state index contributed by atoms with van der Waals surface area (Å²) in [5.41, 5.74) is 2.16. The molecule has 4 rings (SSSR count). The molecule has 0 radical (unpaired) electrons. The number of rotatable bonds is 6. The fourth-order valence-electron chi connectivity index (χ4n) is 3.98. The van der Waals surface area contributed by atoms with Gasteiger partial charge in [0.2, 0.25) is 5.91 Å². The van der Waals surface area contributed by atoms with Crippen LogP contribution in [0.1, 0.15) is 36.9 Å². The Kier molecular flexibility index (Phi) is 6.23. The van der Waals surface area contributed by atoms with E-state index in [2.05, 4.69) is 22.2 Å². The Bertz CT molecular complexity index is 980. The van der Waals surface area contributed by atoms with Crippen molar-refractivity contribution in [1.29, 1.82) is 0 Å². The first kappa shape index (κ1) is 20.3. The Labute approximate surface area is 176 Å². The topological polar surface area (TPSA) is 50.2 Å². The van der Waals surface area contributed by atoms with Gasteiger partial charge in [0.1, 0.15) is 11.9 Å². The van der Waals surface area contributed by atoms with E-state index in [-0.39, 0.29) is 17.8 Å². The van der Waals surface area contributed by atoms with Crippen molar-refractivity contribution in [2.75, 3.05) is 18.4 Å². The molecule has 0 bridgehead atoms. The molecule has 5 nitrogen and oxygen atoms in total. The largest absolute Gasteiger partial charge is 0.322 e. The van der Waals surface area contributed by atoms with Crippen molar-refractivity contribution in [2.24, 2.45) is 5.92 Å². The molecule has 2 aromatic carbocycles. The summed E-state index contributed by atoms with van der Waals surface area (Å²) in [7, 11) is 0. The third kappa shape index (κ3) is 4.76. The van der Waals surface area contributed by atoms with Crippen LogP contribution < -0.4 is 5.32 Å². The Morgan fingerprint density at radius 2 is 1.83 bits per heavy atom. The van der Waals surface area contributed by atoms with Crippen LogP contribution in [-0.2, 0) is 11.3 Å². The number of hydrogen-bond donors (Lipinski definition) is 1. The Hall–Kier alpha value is -2.99. The molecule has 1 amide bonds. The molecule has 3 aromatic rings. The molecule has 1 saturated heterocycles. The van der Waals surface area contributed by atoms with Crippen LogP contribution in [0.25, 0.3) is 0 Å². The summed E-state index contributed by atoms with van der Waals surface area (Å²) in [5.74, 6) is 0.362. The fraction of sp³-hybridized carbons (Fsp3) is 0.333. The van der Waals surface area contributed by atoms with Gasteiger partial charge >= 0.3 is 0 Å². The van der Waals surface area contributed by atoms with Crippen molar-refractivity contribution < 1.29 is 9.18 Å². The number of anilines is 1. The minimum Gasteiger partial charge on any atom is -0.322 e. The number of nitrogens with one attached hydrogen (secondary N) is 1. The Morgan fingerprint density at radius 3 is 2.57 bits per heavy atom. The van der Waals surface area contributed by atoms with Gasteiger partial charge in [-0.25, -0.2) is 4.39 Å². The molecular formula is C24H27FN4O. The number of benzene rings is 2. The number of nitrogens with zero attached hydrogens (tertiary/aromatic N) is 3. The average molecular weight is 407 g/mol. The first-order chi connectivity index (χ1) is 14.6. The first-order valence-corrected chi connectivity index (χ1v) is 10.5. The fourth-order valence-corrected chi connectivity index (χ4v) is 3.98. The highest BCUT2D eigenvalue weighted by molar-refractivity contribution is 5.95. The van der Waals surface area contributed by atoms with Crippen molar-refractivity contribution in [3.05, 3.63) is 83.9 Å². The molecule has 1 fully saturated rings.